The Hall–Kier alpha value is -3.12. The number of phenolic OH excluding ortho intramolecular Hbond substituents is 1. The maximum absolute atomic E-state index is 13.3. The molecule has 2 unspecified atom stereocenters. The molecule has 150 valence electrons. The van der Waals surface area contributed by atoms with Gasteiger partial charge in [-0.25, -0.2) is 4.39 Å². The van der Waals surface area contributed by atoms with Gasteiger partial charge in [-0.1, -0.05) is 36.4 Å². The van der Waals surface area contributed by atoms with Crippen molar-refractivity contribution >= 4 is 16.9 Å². The predicted octanol–water partition coefficient (Wildman–Crippen LogP) is 3.40. The van der Waals surface area contributed by atoms with Crippen molar-refractivity contribution < 1.29 is 24.1 Å². The molecule has 0 spiro atoms. The molecule has 1 amide bonds. The number of hydrogen-bond donors (Lipinski definition) is 1. The molecule has 2 atom stereocenters. The van der Waals surface area contributed by atoms with Crippen LogP contribution in [-0.2, 0) is 11.3 Å². The highest BCUT2D eigenvalue weighted by Crippen LogP contribution is 2.32. The minimum Gasteiger partial charge on any atom is -0.530 e. The molecule has 1 fully saturated rings. The van der Waals surface area contributed by atoms with E-state index < -0.39 is 12.2 Å². The first-order valence-electron chi connectivity index (χ1n) is 9.55. The van der Waals surface area contributed by atoms with Crippen LogP contribution >= 0.6 is 0 Å². The Morgan fingerprint density at radius 1 is 1.17 bits per heavy atom. The number of fused-ring (bicyclic) bond motifs is 1. The van der Waals surface area contributed by atoms with E-state index in [2.05, 4.69) is 0 Å². The Labute approximate surface area is 168 Å². The molecular weight excluding hydrogens is 373 g/mol. The standard InChI is InChI=1S/C23H22FNO4/c24-18-7-5-16(6-8-18)20-9-10-25(23(27)28)13-22(20)29-14-15-11-17-3-1-2-4-19(17)21(26)12-15/h1-8,11-12,20,22,26H,9-10,13-14H2,(H,27,28)/p-1. The number of hydrogen-bond acceptors (Lipinski definition) is 4. The maximum Gasteiger partial charge on any atom is 0.137 e. The van der Waals surface area contributed by atoms with E-state index >= 15 is 0 Å². The third kappa shape index (κ3) is 4.17. The SMILES string of the molecule is O=C([O-])N1CCC(c2ccc(F)cc2)C(OCc2cc(O)c3ccccc3c2)C1. The first kappa shape index (κ1) is 19.2. The third-order valence-electron chi connectivity index (χ3n) is 5.48. The predicted molar refractivity (Wildman–Crippen MR) is 105 cm³/mol. The highest BCUT2D eigenvalue weighted by molar-refractivity contribution is 5.88. The maximum atomic E-state index is 13.3. The van der Waals surface area contributed by atoms with Gasteiger partial charge in [0.1, 0.15) is 17.7 Å². The number of piperidine rings is 1. The van der Waals surface area contributed by atoms with Crippen LogP contribution < -0.4 is 5.11 Å². The van der Waals surface area contributed by atoms with Gasteiger partial charge in [0.2, 0.25) is 0 Å². The zero-order chi connectivity index (χ0) is 20.4. The van der Waals surface area contributed by atoms with Gasteiger partial charge in [-0.2, -0.15) is 0 Å². The number of nitrogens with zero attached hydrogens (tertiary/aromatic N) is 1. The first-order chi connectivity index (χ1) is 14.0. The normalized spacial score (nSPS) is 19.4. The second-order valence-electron chi connectivity index (χ2n) is 7.34. The second-order valence-corrected chi connectivity index (χ2v) is 7.34. The van der Waals surface area contributed by atoms with Crippen LogP contribution in [0.4, 0.5) is 9.18 Å². The van der Waals surface area contributed by atoms with E-state index in [1.807, 2.05) is 30.3 Å². The summed E-state index contributed by atoms with van der Waals surface area (Å²) in [5.41, 5.74) is 1.71. The molecule has 1 aliphatic rings. The zero-order valence-corrected chi connectivity index (χ0v) is 15.8. The number of ether oxygens (including phenoxy) is 1. The number of rotatable bonds is 4. The largest absolute Gasteiger partial charge is 0.530 e. The first-order valence-corrected chi connectivity index (χ1v) is 9.55. The molecule has 3 aromatic carbocycles. The van der Waals surface area contributed by atoms with Gasteiger partial charge in [-0.15, -0.1) is 0 Å². The molecular formula is C23H21FNO4-. The summed E-state index contributed by atoms with van der Waals surface area (Å²) in [7, 11) is 0. The quantitative estimate of drug-likeness (QED) is 0.736. The van der Waals surface area contributed by atoms with E-state index in [-0.39, 0.29) is 30.6 Å². The molecule has 5 nitrogen and oxygen atoms in total. The number of aromatic hydroxyl groups is 1. The summed E-state index contributed by atoms with van der Waals surface area (Å²) in [6.45, 7) is 0.757. The van der Waals surface area contributed by atoms with Crippen molar-refractivity contribution in [3.05, 3.63) is 77.6 Å². The minimum absolute atomic E-state index is 0.0553. The van der Waals surface area contributed by atoms with E-state index in [0.29, 0.717) is 13.0 Å². The van der Waals surface area contributed by atoms with Gasteiger partial charge in [0.25, 0.3) is 0 Å². The highest BCUT2D eigenvalue weighted by atomic mass is 19.1. The van der Waals surface area contributed by atoms with Crippen LogP contribution in [0.5, 0.6) is 5.75 Å². The molecule has 4 rings (SSSR count). The lowest BCUT2D eigenvalue weighted by molar-refractivity contribution is -0.268. The smallest absolute Gasteiger partial charge is 0.137 e. The summed E-state index contributed by atoms with van der Waals surface area (Å²) in [4.78, 5) is 12.6. The average molecular weight is 394 g/mol. The molecule has 1 aliphatic heterocycles. The van der Waals surface area contributed by atoms with Gasteiger partial charge in [-0.3, -0.25) is 0 Å². The molecule has 1 N–H and O–H groups in total. The number of carboxylic acid groups (broad SMARTS) is 1. The van der Waals surface area contributed by atoms with E-state index in [1.54, 1.807) is 18.2 Å². The van der Waals surface area contributed by atoms with Crippen LogP contribution in [0.2, 0.25) is 0 Å². The van der Waals surface area contributed by atoms with E-state index in [9.17, 15) is 19.4 Å². The molecule has 0 radical (unpaired) electrons. The molecule has 6 heteroatoms. The Balaban J connectivity index is 1.55. The highest BCUT2D eigenvalue weighted by Gasteiger charge is 2.31. The fourth-order valence-corrected chi connectivity index (χ4v) is 3.98. The lowest BCUT2D eigenvalue weighted by Crippen LogP contribution is -2.51. The summed E-state index contributed by atoms with van der Waals surface area (Å²) < 4.78 is 19.4. The lowest BCUT2D eigenvalue weighted by Gasteiger charge is -2.40. The van der Waals surface area contributed by atoms with Crippen molar-refractivity contribution in [2.75, 3.05) is 13.1 Å². The van der Waals surface area contributed by atoms with Gasteiger partial charge in [0, 0.05) is 24.4 Å². The van der Waals surface area contributed by atoms with Crippen molar-refractivity contribution in [1.29, 1.82) is 0 Å². The van der Waals surface area contributed by atoms with E-state index in [1.165, 1.54) is 17.0 Å². The fourth-order valence-electron chi connectivity index (χ4n) is 3.98. The fraction of sp³-hybridized carbons (Fsp3) is 0.261. The number of phenols is 1. The molecule has 1 heterocycles. The molecule has 0 aliphatic carbocycles. The molecule has 29 heavy (non-hydrogen) atoms. The Morgan fingerprint density at radius 2 is 1.93 bits per heavy atom. The Bertz CT molecular complexity index is 1020. The van der Waals surface area contributed by atoms with Crippen LogP contribution in [0.15, 0.2) is 60.7 Å². The van der Waals surface area contributed by atoms with Gasteiger partial charge in [0.15, 0.2) is 0 Å². The van der Waals surface area contributed by atoms with Crippen molar-refractivity contribution in [3.63, 3.8) is 0 Å². The number of carbonyl (C=O) groups is 1. The van der Waals surface area contributed by atoms with Gasteiger partial charge >= 0.3 is 0 Å². The van der Waals surface area contributed by atoms with Crippen LogP contribution in [0, 0.1) is 5.82 Å². The summed E-state index contributed by atoms with van der Waals surface area (Å²) in [6.07, 6.45) is -1.06. The topological polar surface area (TPSA) is 72.8 Å². The van der Waals surface area contributed by atoms with Crippen LogP contribution in [0.3, 0.4) is 0 Å². The number of likely N-dealkylation sites (tertiary alicyclic amines) is 1. The van der Waals surface area contributed by atoms with Crippen molar-refractivity contribution in [1.82, 2.24) is 4.90 Å². The van der Waals surface area contributed by atoms with Crippen LogP contribution in [0.25, 0.3) is 10.8 Å². The Morgan fingerprint density at radius 3 is 2.69 bits per heavy atom. The number of halogens is 1. The van der Waals surface area contributed by atoms with Crippen molar-refractivity contribution in [2.45, 2.75) is 25.0 Å². The Kier molecular flexibility index (Phi) is 5.36. The van der Waals surface area contributed by atoms with Crippen molar-refractivity contribution in [3.8, 4) is 5.75 Å². The summed E-state index contributed by atoms with van der Waals surface area (Å²) in [5.74, 6) is -0.193. The monoisotopic (exact) mass is 394 g/mol. The van der Waals surface area contributed by atoms with E-state index in [4.69, 9.17) is 4.74 Å². The van der Waals surface area contributed by atoms with Crippen LogP contribution in [-0.4, -0.2) is 35.3 Å². The van der Waals surface area contributed by atoms with Gasteiger partial charge in [0.05, 0.1) is 12.7 Å². The summed E-state index contributed by atoms with van der Waals surface area (Å²) in [5, 5.41) is 23.3. The van der Waals surface area contributed by atoms with Crippen molar-refractivity contribution in [2.24, 2.45) is 0 Å². The molecule has 1 saturated heterocycles. The van der Waals surface area contributed by atoms with Gasteiger partial charge < -0.3 is 24.6 Å². The average Bonchev–Trinajstić information content (AvgIpc) is 2.73. The molecule has 0 saturated carbocycles. The number of carbonyl (C=O) groups excluding carboxylic acids is 1. The summed E-state index contributed by atoms with van der Waals surface area (Å²) in [6, 6.07) is 17.4. The second kappa shape index (κ2) is 8.09. The number of benzene rings is 3. The van der Waals surface area contributed by atoms with Crippen LogP contribution in [0.1, 0.15) is 23.5 Å². The molecule has 3 aromatic rings. The lowest BCUT2D eigenvalue weighted by atomic mass is 9.87. The molecule has 0 bridgehead atoms. The van der Waals surface area contributed by atoms with E-state index in [0.717, 1.165) is 21.9 Å². The molecule has 0 aromatic heterocycles. The minimum atomic E-state index is -1.22. The number of amides is 1. The zero-order valence-electron chi connectivity index (χ0n) is 15.8. The third-order valence-corrected chi connectivity index (χ3v) is 5.48. The van der Waals surface area contributed by atoms with Gasteiger partial charge in [-0.05, 0) is 47.2 Å². The summed E-state index contributed by atoms with van der Waals surface area (Å²) >= 11 is 0.